The van der Waals surface area contributed by atoms with Crippen molar-refractivity contribution in [3.8, 4) is 0 Å². The van der Waals surface area contributed by atoms with Gasteiger partial charge in [0.1, 0.15) is 30.0 Å². The second-order valence-corrected chi connectivity index (χ2v) is 7.95. The minimum Gasteiger partial charge on any atom is -0.478 e. The third-order valence-electron chi connectivity index (χ3n) is 5.84. The van der Waals surface area contributed by atoms with Gasteiger partial charge >= 0.3 is 11.9 Å². The Hall–Kier alpha value is -1.80. The first-order valence-corrected chi connectivity index (χ1v) is 9.42. The van der Waals surface area contributed by atoms with Gasteiger partial charge in [-0.15, -0.1) is 0 Å². The maximum Gasteiger partial charge on any atom is 0.335 e. The van der Waals surface area contributed by atoms with Crippen LogP contribution in [0.2, 0.25) is 0 Å². The second kappa shape index (κ2) is 8.38. The van der Waals surface area contributed by atoms with Crippen molar-refractivity contribution in [2.75, 3.05) is 6.61 Å². The van der Waals surface area contributed by atoms with E-state index in [2.05, 4.69) is 0 Å². The highest BCUT2D eigenvalue weighted by Crippen LogP contribution is 2.51. The molecule has 170 valence electrons. The number of carbonyl (C=O) groups is 2. The van der Waals surface area contributed by atoms with E-state index >= 15 is 0 Å². The van der Waals surface area contributed by atoms with Gasteiger partial charge in [0, 0.05) is 19.3 Å². The van der Waals surface area contributed by atoms with Crippen molar-refractivity contribution in [2.24, 2.45) is 11.8 Å². The highest BCUT2D eigenvalue weighted by atomic mass is 16.8. The van der Waals surface area contributed by atoms with Gasteiger partial charge in [0.05, 0.1) is 30.5 Å². The highest BCUT2D eigenvalue weighted by molar-refractivity contribution is 5.87. The Balaban J connectivity index is 1.91. The van der Waals surface area contributed by atoms with Crippen LogP contribution in [0.5, 0.6) is 0 Å². The summed E-state index contributed by atoms with van der Waals surface area (Å²) in [6, 6.07) is 0. The van der Waals surface area contributed by atoms with E-state index in [1.165, 1.54) is 6.92 Å². The van der Waals surface area contributed by atoms with Crippen molar-refractivity contribution >= 4 is 11.9 Å². The lowest BCUT2D eigenvalue weighted by molar-refractivity contribution is -0.346. The van der Waals surface area contributed by atoms with Crippen LogP contribution in [-0.4, -0.2) is 97.9 Å². The zero-order valence-corrected chi connectivity index (χ0v) is 16.3. The van der Waals surface area contributed by atoms with Crippen molar-refractivity contribution in [2.45, 2.75) is 69.0 Å². The molecule has 10 atom stereocenters. The quantitative estimate of drug-likeness (QED) is 0.248. The summed E-state index contributed by atoms with van der Waals surface area (Å²) < 4.78 is 21.7. The molecule has 10 unspecified atom stereocenters. The molecule has 0 bridgehead atoms. The standard InChI is InChI=1S/C18H26O12/c1-6(20)30-18(2)3-8(21)10-7(15(25)26)5-27-16(11(10)18)29-17-14(24)13(23)12(22)9(4-19)28-17/h5,8-14,16-17,19,21-24H,3-4H2,1-2H3,(H,25,26). The summed E-state index contributed by atoms with van der Waals surface area (Å²) in [6.07, 6.45) is -9.53. The Morgan fingerprint density at radius 2 is 1.83 bits per heavy atom. The maximum absolute atomic E-state index is 11.6. The van der Waals surface area contributed by atoms with Crippen molar-refractivity contribution in [1.82, 2.24) is 0 Å². The normalized spacial score (nSPS) is 45.8. The summed E-state index contributed by atoms with van der Waals surface area (Å²) in [5, 5.41) is 59.4. The molecule has 0 aromatic rings. The Labute approximate surface area is 171 Å². The summed E-state index contributed by atoms with van der Waals surface area (Å²) in [5.74, 6) is -4.01. The van der Waals surface area contributed by atoms with Gasteiger partial charge in [0.15, 0.2) is 6.29 Å². The SMILES string of the molecule is CC(=O)OC1(C)CC(O)C2C(C(=O)O)=COC(OC3OC(CO)C(O)C(O)C3O)C21. The molecule has 3 aliphatic rings. The van der Waals surface area contributed by atoms with E-state index in [9.17, 15) is 40.2 Å². The van der Waals surface area contributed by atoms with E-state index in [0.29, 0.717) is 0 Å². The fourth-order valence-electron chi connectivity index (χ4n) is 4.52. The lowest BCUT2D eigenvalue weighted by Crippen LogP contribution is -2.61. The van der Waals surface area contributed by atoms with Gasteiger partial charge in [-0.2, -0.15) is 0 Å². The largest absolute Gasteiger partial charge is 0.478 e. The molecular weight excluding hydrogens is 408 g/mol. The summed E-state index contributed by atoms with van der Waals surface area (Å²) in [5.41, 5.74) is -1.61. The molecule has 12 nitrogen and oxygen atoms in total. The van der Waals surface area contributed by atoms with Gasteiger partial charge in [-0.05, 0) is 6.92 Å². The lowest BCUT2D eigenvalue weighted by atomic mass is 9.80. The van der Waals surface area contributed by atoms with E-state index in [1.54, 1.807) is 0 Å². The molecule has 3 rings (SSSR count). The third kappa shape index (κ3) is 3.91. The Kier molecular flexibility index (Phi) is 6.39. The van der Waals surface area contributed by atoms with Gasteiger partial charge in [0.2, 0.25) is 6.29 Å². The van der Waals surface area contributed by atoms with Crippen LogP contribution in [-0.2, 0) is 28.5 Å². The van der Waals surface area contributed by atoms with Gasteiger partial charge in [-0.3, -0.25) is 4.79 Å². The first kappa shape index (κ1) is 22.9. The minimum absolute atomic E-state index is 0.0928. The Morgan fingerprint density at radius 3 is 2.40 bits per heavy atom. The van der Waals surface area contributed by atoms with Crippen LogP contribution in [0.3, 0.4) is 0 Å². The molecule has 2 heterocycles. The second-order valence-electron chi connectivity index (χ2n) is 7.95. The lowest BCUT2D eigenvalue weighted by Gasteiger charge is -2.44. The first-order valence-electron chi connectivity index (χ1n) is 9.42. The number of aliphatic hydroxyl groups is 5. The smallest absolute Gasteiger partial charge is 0.335 e. The molecule has 12 heteroatoms. The fraction of sp³-hybridized carbons (Fsp3) is 0.778. The molecule has 1 saturated heterocycles. The summed E-state index contributed by atoms with van der Waals surface area (Å²) >= 11 is 0. The number of hydrogen-bond acceptors (Lipinski definition) is 11. The molecule has 2 fully saturated rings. The first-order chi connectivity index (χ1) is 14.0. The molecule has 0 amide bonds. The van der Waals surface area contributed by atoms with Gasteiger partial charge in [-0.1, -0.05) is 0 Å². The number of ether oxygens (including phenoxy) is 4. The topological polar surface area (TPSA) is 192 Å². The van der Waals surface area contributed by atoms with Crippen LogP contribution in [0.1, 0.15) is 20.3 Å². The van der Waals surface area contributed by atoms with Crippen LogP contribution in [0.25, 0.3) is 0 Å². The minimum atomic E-state index is -1.72. The van der Waals surface area contributed by atoms with Crippen molar-refractivity contribution < 1.29 is 59.2 Å². The average molecular weight is 434 g/mol. The van der Waals surface area contributed by atoms with Crippen LogP contribution in [0.15, 0.2) is 11.8 Å². The molecule has 2 aliphatic heterocycles. The maximum atomic E-state index is 11.6. The summed E-state index contributed by atoms with van der Waals surface area (Å²) in [6.45, 7) is 1.99. The number of esters is 1. The van der Waals surface area contributed by atoms with Crippen molar-refractivity contribution in [1.29, 1.82) is 0 Å². The Bertz CT molecular complexity index is 707. The van der Waals surface area contributed by atoms with Crippen LogP contribution >= 0.6 is 0 Å². The number of aliphatic carboxylic acids is 1. The fourth-order valence-corrected chi connectivity index (χ4v) is 4.52. The Morgan fingerprint density at radius 1 is 1.17 bits per heavy atom. The van der Waals surface area contributed by atoms with E-state index in [-0.39, 0.29) is 12.0 Å². The van der Waals surface area contributed by atoms with Gasteiger partial charge in [0.25, 0.3) is 0 Å². The van der Waals surface area contributed by atoms with E-state index in [0.717, 1.165) is 13.2 Å². The number of carboxylic acid groups (broad SMARTS) is 1. The van der Waals surface area contributed by atoms with Gasteiger partial charge < -0.3 is 49.6 Å². The monoisotopic (exact) mass is 434 g/mol. The van der Waals surface area contributed by atoms with E-state index < -0.39 is 79.1 Å². The number of aliphatic hydroxyl groups excluding tert-OH is 5. The number of carbonyl (C=O) groups excluding carboxylic acids is 1. The molecule has 0 spiro atoms. The summed E-state index contributed by atoms with van der Waals surface area (Å²) in [4.78, 5) is 23.3. The van der Waals surface area contributed by atoms with Crippen LogP contribution in [0.4, 0.5) is 0 Å². The average Bonchev–Trinajstić information content (AvgIpc) is 2.92. The molecule has 6 N–H and O–H groups in total. The van der Waals surface area contributed by atoms with Crippen molar-refractivity contribution in [3.05, 3.63) is 11.8 Å². The predicted octanol–water partition coefficient (Wildman–Crippen LogP) is -2.55. The van der Waals surface area contributed by atoms with Crippen molar-refractivity contribution in [3.63, 3.8) is 0 Å². The number of rotatable bonds is 5. The number of fused-ring (bicyclic) bond motifs is 1. The summed E-state index contributed by atoms with van der Waals surface area (Å²) in [7, 11) is 0. The zero-order valence-electron chi connectivity index (χ0n) is 16.3. The van der Waals surface area contributed by atoms with Gasteiger partial charge in [-0.25, -0.2) is 4.79 Å². The third-order valence-corrected chi connectivity index (χ3v) is 5.84. The molecule has 0 radical (unpaired) electrons. The van der Waals surface area contributed by atoms with Crippen LogP contribution in [0, 0.1) is 11.8 Å². The molecular formula is C18H26O12. The predicted molar refractivity (Wildman–Crippen MR) is 93.2 cm³/mol. The number of carboxylic acids is 1. The van der Waals surface area contributed by atoms with E-state index in [4.69, 9.17) is 18.9 Å². The highest BCUT2D eigenvalue weighted by Gasteiger charge is 2.61. The van der Waals surface area contributed by atoms with Crippen LogP contribution < -0.4 is 0 Å². The molecule has 1 aliphatic carbocycles. The molecule has 1 saturated carbocycles. The number of hydrogen-bond donors (Lipinski definition) is 6. The molecule has 0 aromatic heterocycles. The molecule has 30 heavy (non-hydrogen) atoms. The van der Waals surface area contributed by atoms with E-state index in [1.807, 2.05) is 0 Å². The zero-order chi connectivity index (χ0) is 22.4. The molecule has 0 aromatic carbocycles.